The van der Waals surface area contributed by atoms with E-state index >= 15 is 0 Å². The van der Waals surface area contributed by atoms with E-state index in [1.165, 1.54) is 0 Å². The average molecular weight is 575 g/mol. The van der Waals surface area contributed by atoms with Crippen LogP contribution in [0.25, 0.3) is 0 Å². The normalized spacial score (nSPS) is 15.3. The summed E-state index contributed by atoms with van der Waals surface area (Å²) in [5, 5.41) is 0. The fourth-order valence-corrected chi connectivity index (χ4v) is 10.2. The van der Waals surface area contributed by atoms with Crippen molar-refractivity contribution in [3.05, 3.63) is 0 Å². The van der Waals surface area contributed by atoms with Crippen molar-refractivity contribution in [3.63, 3.8) is 0 Å². The molecule has 36 heavy (non-hydrogen) atoms. The predicted octanol–water partition coefficient (Wildman–Crippen LogP) is 2.62. The number of hydrogen-bond donors (Lipinski definition) is 2. The van der Waals surface area contributed by atoms with Crippen molar-refractivity contribution < 1.29 is 39.8 Å². The minimum absolute atomic E-state index is 0.352. The monoisotopic (exact) mass is 574 g/mol. The van der Waals surface area contributed by atoms with E-state index in [0.29, 0.717) is 24.7 Å². The third kappa shape index (κ3) is 9.44. The number of hydrogen-bond acceptors (Lipinski definition) is 11. The van der Waals surface area contributed by atoms with Gasteiger partial charge in [-0.2, -0.15) is 0 Å². The smallest absolute Gasteiger partial charge is 0.377 e. The second-order valence-corrected chi connectivity index (χ2v) is 18.6. The van der Waals surface area contributed by atoms with Crippen LogP contribution in [0.15, 0.2) is 0 Å². The van der Waals surface area contributed by atoms with Crippen LogP contribution in [0.2, 0.25) is 18.1 Å². The largest absolute Gasteiger partial charge is 0.500 e. The fourth-order valence-electron chi connectivity index (χ4n) is 5.03. The van der Waals surface area contributed by atoms with Crippen molar-refractivity contribution in [3.8, 4) is 0 Å². The summed E-state index contributed by atoms with van der Waals surface area (Å²) in [6, 6.07) is 2.02. The molecule has 0 radical (unpaired) electrons. The lowest BCUT2D eigenvalue weighted by Gasteiger charge is -2.47. The van der Waals surface area contributed by atoms with Gasteiger partial charge in [-0.15, -0.1) is 0 Å². The zero-order valence-corrected chi connectivity index (χ0v) is 27.4. The molecule has 0 aliphatic rings. The lowest BCUT2D eigenvalue weighted by atomic mass is 9.63. The first-order valence-corrected chi connectivity index (χ1v) is 18.2. The lowest BCUT2D eigenvalue weighted by Crippen LogP contribution is -2.57. The highest BCUT2D eigenvalue weighted by Crippen LogP contribution is 2.43. The molecule has 11 nitrogen and oxygen atoms in total. The van der Waals surface area contributed by atoms with Crippen LogP contribution in [0.3, 0.4) is 0 Å². The van der Waals surface area contributed by atoms with Gasteiger partial charge in [-0.05, 0) is 52.0 Å². The maximum absolute atomic E-state index is 7.10. The molecule has 0 aromatic rings. The second kappa shape index (κ2) is 17.0. The Morgan fingerprint density at radius 2 is 0.750 bits per heavy atom. The molecule has 0 amide bonds. The molecule has 0 saturated carbocycles. The first-order chi connectivity index (χ1) is 17.0. The summed E-state index contributed by atoms with van der Waals surface area (Å²) in [4.78, 5) is 0. The van der Waals surface area contributed by atoms with Crippen LogP contribution in [0, 0.1) is 5.41 Å². The fraction of sp³-hybridized carbons (Fsp3) is 1.00. The van der Waals surface area contributed by atoms with E-state index in [9.17, 15) is 0 Å². The molecular formula is C22H54N2O9Si3. The minimum atomic E-state index is -2.71. The van der Waals surface area contributed by atoms with Crippen LogP contribution in [0.4, 0.5) is 0 Å². The maximum Gasteiger partial charge on any atom is 0.500 e. The van der Waals surface area contributed by atoms with E-state index in [1.807, 2.05) is 0 Å². The average Bonchev–Trinajstić information content (AvgIpc) is 2.91. The highest BCUT2D eigenvalue weighted by atomic mass is 28.4. The summed E-state index contributed by atoms with van der Waals surface area (Å²) >= 11 is 0. The molecular weight excluding hydrogens is 521 g/mol. The standard InChI is InChI=1S/C22H54N2O9Si3/c1-21(24,14-11-17-34(25-2,26-3)27-4)22(20-23,15-12-18-35(28-5,29-6)30-7)16-13-19-36(31-8,32-9)33-10/h11-20,23-24H2,1-10H3. The Morgan fingerprint density at radius 3 is 0.972 bits per heavy atom. The topological polar surface area (TPSA) is 135 Å². The Morgan fingerprint density at radius 1 is 0.500 bits per heavy atom. The lowest BCUT2D eigenvalue weighted by molar-refractivity contribution is 0.0854. The van der Waals surface area contributed by atoms with E-state index in [4.69, 9.17) is 51.3 Å². The summed E-state index contributed by atoms with van der Waals surface area (Å²) < 4.78 is 50.6. The van der Waals surface area contributed by atoms with E-state index in [0.717, 1.165) is 38.5 Å². The van der Waals surface area contributed by atoms with E-state index in [-0.39, 0.29) is 5.41 Å². The molecule has 0 aliphatic heterocycles. The molecule has 1 unspecified atom stereocenters. The molecule has 4 N–H and O–H groups in total. The van der Waals surface area contributed by atoms with E-state index in [2.05, 4.69) is 6.92 Å². The third-order valence-corrected chi connectivity index (χ3v) is 16.4. The Hall–Kier alpha value is 0.211. The first kappa shape index (κ1) is 36.2. The van der Waals surface area contributed by atoms with Crippen molar-refractivity contribution in [2.75, 3.05) is 70.5 Å². The van der Waals surface area contributed by atoms with Crippen LogP contribution < -0.4 is 11.5 Å². The molecule has 0 fully saturated rings. The Kier molecular flexibility index (Phi) is 17.1. The SMILES string of the molecule is CO[Si](CCCC(C)(N)C(CN)(CCC[Si](OC)(OC)OC)CCC[Si](OC)(OC)OC)(OC)OC. The molecule has 14 heteroatoms. The minimum Gasteiger partial charge on any atom is -0.377 e. The summed E-state index contributed by atoms with van der Waals surface area (Å²) in [6.45, 7) is 2.53. The molecule has 0 aliphatic carbocycles. The van der Waals surface area contributed by atoms with Crippen molar-refractivity contribution in [2.45, 2.75) is 69.1 Å². The van der Waals surface area contributed by atoms with Crippen molar-refractivity contribution in [1.82, 2.24) is 0 Å². The van der Waals surface area contributed by atoms with Crippen LogP contribution in [-0.2, 0) is 39.8 Å². The third-order valence-electron chi connectivity index (χ3n) is 7.86. The molecule has 218 valence electrons. The number of rotatable bonds is 23. The highest BCUT2D eigenvalue weighted by molar-refractivity contribution is 6.61. The molecule has 1 atom stereocenters. The van der Waals surface area contributed by atoms with Crippen molar-refractivity contribution in [2.24, 2.45) is 16.9 Å². The van der Waals surface area contributed by atoms with Gasteiger partial charge in [-0.25, -0.2) is 0 Å². The van der Waals surface area contributed by atoms with Gasteiger partial charge in [0.25, 0.3) is 0 Å². The van der Waals surface area contributed by atoms with E-state index < -0.39 is 32.0 Å². The zero-order chi connectivity index (χ0) is 27.9. The van der Waals surface area contributed by atoms with Gasteiger partial charge in [0.05, 0.1) is 0 Å². The van der Waals surface area contributed by atoms with Gasteiger partial charge in [0.2, 0.25) is 0 Å². The molecule has 0 saturated heterocycles. The summed E-state index contributed by atoms with van der Waals surface area (Å²) in [7, 11) is 6.54. The van der Waals surface area contributed by atoms with Crippen molar-refractivity contribution >= 4 is 26.4 Å². The predicted molar refractivity (Wildman–Crippen MR) is 147 cm³/mol. The first-order valence-electron chi connectivity index (χ1n) is 12.4. The molecule has 0 aromatic carbocycles. The second-order valence-electron chi connectivity index (χ2n) is 9.35. The van der Waals surface area contributed by atoms with Crippen LogP contribution in [0.1, 0.15) is 45.4 Å². The van der Waals surface area contributed by atoms with Crippen LogP contribution in [0.5, 0.6) is 0 Å². The van der Waals surface area contributed by atoms with Gasteiger partial charge in [0.15, 0.2) is 0 Å². The summed E-state index contributed by atoms with van der Waals surface area (Å²) in [5.41, 5.74) is 12.7. The van der Waals surface area contributed by atoms with Gasteiger partial charge in [0.1, 0.15) is 0 Å². The summed E-state index contributed by atoms with van der Waals surface area (Å²) in [5.74, 6) is 0. The maximum atomic E-state index is 7.10. The molecule has 0 spiro atoms. The molecule has 0 bridgehead atoms. The zero-order valence-electron chi connectivity index (χ0n) is 24.4. The quantitative estimate of drug-likeness (QED) is 0.174. The molecule has 0 aromatic heterocycles. The Labute approximate surface area is 222 Å². The summed E-state index contributed by atoms with van der Waals surface area (Å²) in [6.07, 6.45) is 4.72. The van der Waals surface area contributed by atoms with Crippen LogP contribution in [-0.4, -0.2) is 102 Å². The van der Waals surface area contributed by atoms with Crippen molar-refractivity contribution in [1.29, 1.82) is 0 Å². The van der Waals surface area contributed by atoms with Gasteiger partial charge < -0.3 is 51.3 Å². The highest BCUT2D eigenvalue weighted by Gasteiger charge is 2.47. The Bertz CT molecular complexity index is 528. The van der Waals surface area contributed by atoms with Gasteiger partial charge in [-0.1, -0.05) is 0 Å². The van der Waals surface area contributed by atoms with Gasteiger partial charge in [-0.3, -0.25) is 0 Å². The Balaban J connectivity index is 5.77. The van der Waals surface area contributed by atoms with Gasteiger partial charge >= 0.3 is 26.4 Å². The molecule has 0 rings (SSSR count). The van der Waals surface area contributed by atoms with Gasteiger partial charge in [0, 0.05) is 93.1 Å². The number of nitrogens with two attached hydrogens (primary N) is 2. The van der Waals surface area contributed by atoms with E-state index in [1.54, 1.807) is 64.0 Å². The van der Waals surface area contributed by atoms with Crippen LogP contribution >= 0.6 is 0 Å². The molecule has 0 heterocycles.